The molecular weight excluding hydrogens is 262 g/mol. The Balaban J connectivity index is 1.91. The quantitative estimate of drug-likeness (QED) is 0.611. The van der Waals surface area contributed by atoms with Crippen molar-refractivity contribution in [2.45, 2.75) is 6.61 Å². The minimum atomic E-state index is 0.0573. The highest BCUT2D eigenvalue weighted by Gasteiger charge is 2.07. The van der Waals surface area contributed by atoms with Crippen molar-refractivity contribution in [3.05, 3.63) is 66.7 Å². The van der Waals surface area contributed by atoms with E-state index in [1.165, 1.54) is 0 Å². The molecular formula is C17H13N3O. The average molecular weight is 275 g/mol. The van der Waals surface area contributed by atoms with Gasteiger partial charge in [0.1, 0.15) is 5.65 Å². The van der Waals surface area contributed by atoms with Gasteiger partial charge in [-0.05, 0) is 23.1 Å². The summed E-state index contributed by atoms with van der Waals surface area (Å²) in [5.41, 5.74) is 3.75. The molecule has 0 bridgehead atoms. The lowest BCUT2D eigenvalue weighted by Gasteiger charge is -1.98. The van der Waals surface area contributed by atoms with Crippen molar-refractivity contribution in [1.29, 1.82) is 0 Å². The second-order valence-corrected chi connectivity index (χ2v) is 4.99. The summed E-state index contributed by atoms with van der Waals surface area (Å²) in [6.45, 7) is 0.0573. The van der Waals surface area contributed by atoms with Crippen LogP contribution in [0, 0.1) is 0 Å². The number of benzene rings is 1. The molecule has 0 aliphatic heterocycles. The van der Waals surface area contributed by atoms with Crippen molar-refractivity contribution in [3.8, 4) is 11.3 Å². The molecule has 0 atom stereocenters. The van der Waals surface area contributed by atoms with Gasteiger partial charge < -0.3 is 9.51 Å². The number of nitrogens with zero attached hydrogens (tertiary/aromatic N) is 3. The van der Waals surface area contributed by atoms with Crippen LogP contribution in [0.2, 0.25) is 0 Å². The summed E-state index contributed by atoms with van der Waals surface area (Å²) in [5.74, 6) is 0. The largest absolute Gasteiger partial charge is 0.392 e. The van der Waals surface area contributed by atoms with Crippen LogP contribution in [0.4, 0.5) is 0 Å². The van der Waals surface area contributed by atoms with Gasteiger partial charge in [-0.1, -0.05) is 24.3 Å². The van der Waals surface area contributed by atoms with E-state index in [0.717, 1.165) is 33.2 Å². The normalized spacial score (nSPS) is 11.3. The maximum Gasteiger partial charge on any atom is 0.146 e. The Hall–Kier alpha value is -2.72. The van der Waals surface area contributed by atoms with Crippen LogP contribution in [0.25, 0.3) is 27.7 Å². The minimum Gasteiger partial charge on any atom is -0.392 e. The monoisotopic (exact) mass is 275 g/mol. The molecule has 1 N–H and O–H groups in total. The van der Waals surface area contributed by atoms with E-state index in [1.54, 1.807) is 6.20 Å². The molecule has 0 unspecified atom stereocenters. The van der Waals surface area contributed by atoms with E-state index in [4.69, 9.17) is 10.1 Å². The first kappa shape index (κ1) is 12.1. The third-order valence-corrected chi connectivity index (χ3v) is 3.67. The van der Waals surface area contributed by atoms with Gasteiger partial charge in [-0.3, -0.25) is 4.98 Å². The van der Waals surface area contributed by atoms with E-state index in [9.17, 15) is 0 Å². The van der Waals surface area contributed by atoms with Crippen molar-refractivity contribution >= 4 is 16.4 Å². The fraction of sp³-hybridized carbons (Fsp3) is 0.0588. The molecule has 0 amide bonds. The summed E-state index contributed by atoms with van der Waals surface area (Å²) in [6.07, 6.45) is 7.65. The van der Waals surface area contributed by atoms with Crippen molar-refractivity contribution in [2.24, 2.45) is 0 Å². The van der Waals surface area contributed by atoms with Gasteiger partial charge in [0.25, 0.3) is 0 Å². The average Bonchev–Trinajstić information content (AvgIpc) is 2.99. The maximum atomic E-state index is 9.11. The lowest BCUT2D eigenvalue weighted by molar-refractivity contribution is 0.282. The molecule has 0 radical (unpaired) electrons. The van der Waals surface area contributed by atoms with Crippen molar-refractivity contribution in [3.63, 3.8) is 0 Å². The molecule has 4 rings (SSSR count). The SMILES string of the molecule is OCc1ccc(-c2cn3ccc4ccncc4c3n2)cc1. The maximum absolute atomic E-state index is 9.11. The minimum absolute atomic E-state index is 0.0573. The van der Waals surface area contributed by atoms with Gasteiger partial charge in [-0.15, -0.1) is 0 Å². The van der Waals surface area contributed by atoms with E-state index in [0.29, 0.717) is 0 Å². The molecule has 0 saturated carbocycles. The van der Waals surface area contributed by atoms with Gasteiger partial charge in [0.05, 0.1) is 12.3 Å². The predicted octanol–water partition coefficient (Wildman–Crippen LogP) is 3.04. The number of imidazole rings is 1. The smallest absolute Gasteiger partial charge is 0.146 e. The van der Waals surface area contributed by atoms with Crippen LogP contribution < -0.4 is 0 Å². The Kier molecular flexibility index (Phi) is 2.69. The van der Waals surface area contributed by atoms with Crippen LogP contribution in [-0.4, -0.2) is 19.5 Å². The predicted molar refractivity (Wildman–Crippen MR) is 81.9 cm³/mol. The zero-order valence-corrected chi connectivity index (χ0v) is 11.3. The molecule has 3 heterocycles. The summed E-state index contributed by atoms with van der Waals surface area (Å²) in [7, 11) is 0. The van der Waals surface area contributed by atoms with Crippen LogP contribution in [0.5, 0.6) is 0 Å². The Morgan fingerprint density at radius 2 is 1.90 bits per heavy atom. The number of hydrogen-bond donors (Lipinski definition) is 1. The number of hydrogen-bond acceptors (Lipinski definition) is 3. The molecule has 102 valence electrons. The number of aromatic nitrogens is 3. The van der Waals surface area contributed by atoms with Crippen LogP contribution in [0.3, 0.4) is 0 Å². The van der Waals surface area contributed by atoms with Crippen LogP contribution in [-0.2, 0) is 6.61 Å². The second-order valence-electron chi connectivity index (χ2n) is 4.99. The topological polar surface area (TPSA) is 50.4 Å². The van der Waals surface area contributed by atoms with Crippen molar-refractivity contribution in [1.82, 2.24) is 14.4 Å². The summed E-state index contributed by atoms with van der Waals surface area (Å²) in [4.78, 5) is 8.91. The van der Waals surface area contributed by atoms with Crippen molar-refractivity contribution < 1.29 is 5.11 Å². The molecule has 4 nitrogen and oxygen atoms in total. The lowest BCUT2D eigenvalue weighted by Crippen LogP contribution is -1.84. The number of aliphatic hydroxyl groups is 1. The Bertz CT molecular complexity index is 926. The molecule has 4 aromatic rings. The van der Waals surface area contributed by atoms with E-state index in [2.05, 4.69) is 11.1 Å². The van der Waals surface area contributed by atoms with Gasteiger partial charge in [-0.25, -0.2) is 4.98 Å². The molecule has 0 spiro atoms. The fourth-order valence-electron chi connectivity index (χ4n) is 2.52. The standard InChI is InChI=1S/C17H13N3O/c21-11-12-1-3-14(4-2-12)16-10-20-8-6-13-5-7-18-9-15(13)17(20)19-16/h1-10,21H,11H2. The molecule has 0 saturated heterocycles. The molecule has 21 heavy (non-hydrogen) atoms. The fourth-order valence-corrected chi connectivity index (χ4v) is 2.52. The lowest BCUT2D eigenvalue weighted by atomic mass is 10.1. The Morgan fingerprint density at radius 1 is 1.05 bits per heavy atom. The van der Waals surface area contributed by atoms with Gasteiger partial charge in [0, 0.05) is 35.7 Å². The molecule has 0 aliphatic rings. The Labute approximate surface area is 121 Å². The first-order valence-electron chi connectivity index (χ1n) is 6.77. The zero-order chi connectivity index (χ0) is 14.2. The molecule has 0 aliphatic carbocycles. The van der Waals surface area contributed by atoms with Crippen LogP contribution in [0.15, 0.2) is 61.2 Å². The van der Waals surface area contributed by atoms with E-state index >= 15 is 0 Å². The molecule has 4 heteroatoms. The number of pyridine rings is 2. The summed E-state index contributed by atoms with van der Waals surface area (Å²) < 4.78 is 2.01. The third kappa shape index (κ3) is 1.97. The highest BCUT2D eigenvalue weighted by atomic mass is 16.3. The van der Waals surface area contributed by atoms with E-state index in [1.807, 2.05) is 53.3 Å². The second kappa shape index (κ2) is 4.68. The van der Waals surface area contributed by atoms with E-state index < -0.39 is 0 Å². The zero-order valence-electron chi connectivity index (χ0n) is 11.3. The molecule has 1 aromatic carbocycles. The van der Waals surface area contributed by atoms with Crippen LogP contribution in [0.1, 0.15) is 5.56 Å². The van der Waals surface area contributed by atoms with Crippen molar-refractivity contribution in [2.75, 3.05) is 0 Å². The first-order valence-corrected chi connectivity index (χ1v) is 6.77. The highest BCUT2D eigenvalue weighted by molar-refractivity contribution is 5.93. The highest BCUT2D eigenvalue weighted by Crippen LogP contribution is 2.24. The van der Waals surface area contributed by atoms with Gasteiger partial charge in [0.2, 0.25) is 0 Å². The van der Waals surface area contributed by atoms with Gasteiger partial charge >= 0.3 is 0 Å². The van der Waals surface area contributed by atoms with Crippen LogP contribution >= 0.6 is 0 Å². The summed E-state index contributed by atoms with van der Waals surface area (Å²) in [5, 5.41) is 11.3. The summed E-state index contributed by atoms with van der Waals surface area (Å²) >= 11 is 0. The molecule has 3 aromatic heterocycles. The molecule has 0 fully saturated rings. The first-order chi connectivity index (χ1) is 10.3. The van der Waals surface area contributed by atoms with E-state index in [-0.39, 0.29) is 6.61 Å². The Morgan fingerprint density at radius 3 is 2.71 bits per heavy atom. The number of aliphatic hydroxyl groups excluding tert-OH is 1. The van der Waals surface area contributed by atoms with Gasteiger partial charge in [0.15, 0.2) is 0 Å². The van der Waals surface area contributed by atoms with Gasteiger partial charge in [-0.2, -0.15) is 0 Å². The number of rotatable bonds is 2. The number of fused-ring (bicyclic) bond motifs is 3. The third-order valence-electron chi connectivity index (χ3n) is 3.67. The summed E-state index contributed by atoms with van der Waals surface area (Å²) in [6, 6.07) is 11.8.